The van der Waals surface area contributed by atoms with Crippen LogP contribution in [0.2, 0.25) is 0 Å². The molecule has 0 spiro atoms. The molecule has 1 fully saturated rings. The summed E-state index contributed by atoms with van der Waals surface area (Å²) < 4.78 is 5.63. The van der Waals surface area contributed by atoms with Crippen molar-refractivity contribution in [1.29, 1.82) is 0 Å². The van der Waals surface area contributed by atoms with E-state index in [9.17, 15) is 4.79 Å². The van der Waals surface area contributed by atoms with Gasteiger partial charge in [-0.25, -0.2) is 0 Å². The molecule has 3 atom stereocenters. The molecule has 4 aliphatic rings. The largest absolute Gasteiger partial charge is 0.381 e. The van der Waals surface area contributed by atoms with Crippen molar-refractivity contribution < 1.29 is 9.53 Å². The molecule has 3 aliphatic heterocycles. The summed E-state index contributed by atoms with van der Waals surface area (Å²) in [7, 11) is 0. The number of ketones is 1. The van der Waals surface area contributed by atoms with Gasteiger partial charge in [0.25, 0.3) is 0 Å². The summed E-state index contributed by atoms with van der Waals surface area (Å²) in [5.41, 5.74) is 5.10. The van der Waals surface area contributed by atoms with Gasteiger partial charge in [0.2, 0.25) is 0 Å². The molecule has 152 valence electrons. The van der Waals surface area contributed by atoms with E-state index in [1.165, 1.54) is 11.1 Å². The molecule has 1 N–H and O–H groups in total. The van der Waals surface area contributed by atoms with Crippen LogP contribution >= 0.6 is 0 Å². The lowest BCUT2D eigenvalue weighted by Gasteiger charge is -2.48. The van der Waals surface area contributed by atoms with E-state index in [0.29, 0.717) is 12.3 Å². The fourth-order valence-corrected chi connectivity index (χ4v) is 5.75. The first-order valence-electron chi connectivity index (χ1n) is 10.8. The summed E-state index contributed by atoms with van der Waals surface area (Å²) in [6.07, 6.45) is 5.03. The number of benzene rings is 1. The smallest absolute Gasteiger partial charge is 0.164 e. The SMILES string of the molecule is CC[C@]1(c2cccc([C@@H]3CCOC3)c2)C2=CN=NC2NC2=C1C(=O)CC(C)(C)C2. The predicted octanol–water partition coefficient (Wildman–Crippen LogP) is 4.76. The molecule has 1 aromatic rings. The molecule has 5 heteroatoms. The van der Waals surface area contributed by atoms with Gasteiger partial charge < -0.3 is 10.1 Å². The van der Waals surface area contributed by atoms with Gasteiger partial charge in [0, 0.05) is 35.8 Å². The van der Waals surface area contributed by atoms with E-state index in [1.807, 2.05) is 6.20 Å². The second-order valence-electron chi connectivity index (χ2n) is 9.60. The minimum atomic E-state index is -0.461. The molecule has 29 heavy (non-hydrogen) atoms. The minimum Gasteiger partial charge on any atom is -0.381 e. The Balaban J connectivity index is 1.70. The number of carbonyl (C=O) groups is 1. The maximum Gasteiger partial charge on any atom is 0.164 e. The van der Waals surface area contributed by atoms with Crippen molar-refractivity contribution in [2.24, 2.45) is 15.6 Å². The Bertz CT molecular complexity index is 953. The lowest BCUT2D eigenvalue weighted by molar-refractivity contribution is -0.119. The van der Waals surface area contributed by atoms with E-state index in [2.05, 4.69) is 60.6 Å². The number of nitrogens with one attached hydrogen (secondary N) is 1. The second kappa shape index (κ2) is 6.63. The third-order valence-corrected chi connectivity index (χ3v) is 7.09. The Labute approximate surface area is 172 Å². The van der Waals surface area contributed by atoms with E-state index in [-0.39, 0.29) is 17.4 Å². The number of fused-ring (bicyclic) bond motifs is 1. The fraction of sp³-hybridized carbons (Fsp3) is 0.542. The number of hydrogen-bond acceptors (Lipinski definition) is 5. The van der Waals surface area contributed by atoms with Crippen LogP contribution in [0.1, 0.15) is 63.5 Å². The maximum absolute atomic E-state index is 13.5. The minimum absolute atomic E-state index is 0.0393. The molecule has 5 nitrogen and oxygen atoms in total. The number of allylic oxidation sites excluding steroid dienone is 2. The molecule has 0 aromatic heterocycles. The first-order valence-corrected chi connectivity index (χ1v) is 10.8. The normalized spacial score (nSPS) is 32.7. The summed E-state index contributed by atoms with van der Waals surface area (Å²) >= 11 is 0. The van der Waals surface area contributed by atoms with Crippen LogP contribution in [-0.2, 0) is 14.9 Å². The average molecular weight is 392 g/mol. The monoisotopic (exact) mass is 391 g/mol. The summed E-state index contributed by atoms with van der Waals surface area (Å²) in [6.45, 7) is 8.13. The highest BCUT2D eigenvalue weighted by Crippen LogP contribution is 2.53. The molecule has 1 aliphatic carbocycles. The van der Waals surface area contributed by atoms with E-state index in [4.69, 9.17) is 4.74 Å². The molecule has 0 radical (unpaired) electrons. The molecule has 0 saturated carbocycles. The predicted molar refractivity (Wildman–Crippen MR) is 111 cm³/mol. The number of Topliss-reactive ketones (excluding diaryl/α,β-unsaturated/α-hetero) is 1. The number of azo groups is 1. The molecule has 1 saturated heterocycles. The van der Waals surface area contributed by atoms with Crippen LogP contribution in [0.25, 0.3) is 0 Å². The highest BCUT2D eigenvalue weighted by Gasteiger charge is 2.53. The molecule has 0 bridgehead atoms. The zero-order valence-corrected chi connectivity index (χ0v) is 17.5. The van der Waals surface area contributed by atoms with Crippen molar-refractivity contribution in [3.63, 3.8) is 0 Å². The van der Waals surface area contributed by atoms with Gasteiger partial charge in [-0.05, 0) is 35.8 Å². The van der Waals surface area contributed by atoms with Gasteiger partial charge >= 0.3 is 0 Å². The number of ether oxygens (including phenoxy) is 1. The Morgan fingerprint density at radius 3 is 2.90 bits per heavy atom. The topological polar surface area (TPSA) is 63.1 Å². The number of rotatable bonds is 3. The van der Waals surface area contributed by atoms with Crippen molar-refractivity contribution in [2.75, 3.05) is 13.2 Å². The quantitative estimate of drug-likeness (QED) is 0.808. The van der Waals surface area contributed by atoms with Crippen LogP contribution in [0.3, 0.4) is 0 Å². The third kappa shape index (κ3) is 2.82. The van der Waals surface area contributed by atoms with Crippen molar-refractivity contribution in [3.05, 3.63) is 58.4 Å². The zero-order chi connectivity index (χ0) is 20.2. The number of carbonyl (C=O) groups excluding carboxylic acids is 1. The second-order valence-corrected chi connectivity index (χ2v) is 9.60. The van der Waals surface area contributed by atoms with Gasteiger partial charge in [0.05, 0.1) is 18.2 Å². The molecule has 0 amide bonds. The van der Waals surface area contributed by atoms with Crippen molar-refractivity contribution in [1.82, 2.24) is 5.32 Å². The van der Waals surface area contributed by atoms with Crippen LogP contribution in [0.15, 0.2) is 57.5 Å². The average Bonchev–Trinajstić information content (AvgIpc) is 3.37. The van der Waals surface area contributed by atoms with Crippen LogP contribution in [0, 0.1) is 5.41 Å². The number of nitrogens with zero attached hydrogens (tertiary/aromatic N) is 2. The van der Waals surface area contributed by atoms with Crippen molar-refractivity contribution >= 4 is 5.78 Å². The Morgan fingerprint density at radius 1 is 1.28 bits per heavy atom. The lowest BCUT2D eigenvalue weighted by atomic mass is 9.58. The van der Waals surface area contributed by atoms with Crippen molar-refractivity contribution in [2.45, 2.75) is 64.0 Å². The van der Waals surface area contributed by atoms with Gasteiger partial charge in [0.15, 0.2) is 11.9 Å². The molecule has 1 aromatic carbocycles. The summed E-state index contributed by atoms with van der Waals surface area (Å²) in [4.78, 5) is 13.5. The highest BCUT2D eigenvalue weighted by atomic mass is 16.5. The fourth-order valence-electron chi connectivity index (χ4n) is 5.75. The zero-order valence-electron chi connectivity index (χ0n) is 17.5. The van der Waals surface area contributed by atoms with Crippen LogP contribution in [0.4, 0.5) is 0 Å². The summed E-state index contributed by atoms with van der Waals surface area (Å²) in [6, 6.07) is 8.83. The number of hydrogen-bond donors (Lipinski definition) is 1. The molecular weight excluding hydrogens is 362 g/mol. The van der Waals surface area contributed by atoms with E-state index < -0.39 is 5.41 Å². The van der Waals surface area contributed by atoms with Gasteiger partial charge in [0.1, 0.15) is 0 Å². The van der Waals surface area contributed by atoms with E-state index in [1.54, 1.807) is 0 Å². The molecule has 1 unspecified atom stereocenters. The van der Waals surface area contributed by atoms with Gasteiger partial charge in [-0.3, -0.25) is 4.79 Å². The lowest BCUT2D eigenvalue weighted by Crippen LogP contribution is -2.51. The van der Waals surface area contributed by atoms with Crippen LogP contribution in [0.5, 0.6) is 0 Å². The van der Waals surface area contributed by atoms with E-state index >= 15 is 0 Å². The van der Waals surface area contributed by atoms with E-state index in [0.717, 1.165) is 49.3 Å². The first kappa shape index (κ1) is 18.7. The van der Waals surface area contributed by atoms with Crippen LogP contribution < -0.4 is 5.32 Å². The van der Waals surface area contributed by atoms with Gasteiger partial charge in [-0.2, -0.15) is 10.2 Å². The van der Waals surface area contributed by atoms with Crippen molar-refractivity contribution in [3.8, 4) is 0 Å². The van der Waals surface area contributed by atoms with Gasteiger partial charge in [-0.15, -0.1) is 0 Å². The summed E-state index contributed by atoms with van der Waals surface area (Å²) in [5, 5.41) is 12.2. The molecular formula is C24H29N3O2. The molecule has 5 rings (SSSR count). The standard InChI is InChI=1S/C24H29N3O2/c1-4-24(17-7-5-6-15(10-17)16-8-9-29-14-16)18-13-25-27-22(18)26-19-11-23(2,3)12-20(28)21(19)24/h5-7,10,13,16,22,26H,4,8-9,11-12,14H2,1-3H3/t16-,22?,24+/m1/s1. The first-order chi connectivity index (χ1) is 13.9. The third-order valence-electron chi connectivity index (χ3n) is 7.09. The van der Waals surface area contributed by atoms with Gasteiger partial charge in [-0.1, -0.05) is 45.0 Å². The Kier molecular flexibility index (Phi) is 4.28. The maximum atomic E-state index is 13.5. The Hall–Kier alpha value is -2.27. The highest BCUT2D eigenvalue weighted by molar-refractivity contribution is 6.01. The Morgan fingerprint density at radius 2 is 2.14 bits per heavy atom. The molecule has 3 heterocycles. The van der Waals surface area contributed by atoms with Crippen LogP contribution in [-0.4, -0.2) is 25.2 Å². The summed E-state index contributed by atoms with van der Waals surface area (Å²) in [5.74, 6) is 0.689.